The van der Waals surface area contributed by atoms with Gasteiger partial charge in [-0.3, -0.25) is 4.79 Å². The summed E-state index contributed by atoms with van der Waals surface area (Å²) in [7, 11) is 0. The van der Waals surface area contributed by atoms with Crippen LogP contribution in [0.1, 0.15) is 32.6 Å². The van der Waals surface area contributed by atoms with Crippen LogP contribution in [-0.4, -0.2) is 41.1 Å². The molecular weight excluding hydrogens is 204 g/mol. The zero-order valence-corrected chi connectivity index (χ0v) is 9.98. The number of nitrogens with two attached hydrogens (primary N) is 1. The van der Waals surface area contributed by atoms with Gasteiger partial charge in [-0.05, 0) is 37.6 Å². The topological polar surface area (TPSA) is 66.6 Å². The van der Waals surface area contributed by atoms with Gasteiger partial charge in [-0.2, -0.15) is 0 Å². The first-order chi connectivity index (χ1) is 7.56. The van der Waals surface area contributed by atoms with Crippen molar-refractivity contribution in [2.24, 2.45) is 17.6 Å². The number of aliphatic carboxylic acids is 1. The fraction of sp³-hybridized carbons (Fsp3) is 0.917. The quantitative estimate of drug-likeness (QED) is 0.731. The van der Waals surface area contributed by atoms with Crippen LogP contribution in [0.15, 0.2) is 0 Å². The molecule has 1 aliphatic heterocycles. The van der Waals surface area contributed by atoms with E-state index in [0.29, 0.717) is 6.54 Å². The van der Waals surface area contributed by atoms with Gasteiger partial charge in [0.1, 0.15) is 5.54 Å². The van der Waals surface area contributed by atoms with E-state index >= 15 is 0 Å². The number of nitrogens with zero attached hydrogens (tertiary/aromatic N) is 1. The van der Waals surface area contributed by atoms with E-state index in [2.05, 4.69) is 11.8 Å². The molecule has 0 aromatic rings. The summed E-state index contributed by atoms with van der Waals surface area (Å²) in [5.74, 6) is 0.109. The molecule has 0 bridgehead atoms. The molecular formula is C12H22N2O2. The van der Waals surface area contributed by atoms with E-state index in [4.69, 9.17) is 5.73 Å². The first-order valence-corrected chi connectivity index (χ1v) is 6.31. The van der Waals surface area contributed by atoms with Crippen LogP contribution in [0.2, 0.25) is 0 Å². The molecule has 92 valence electrons. The van der Waals surface area contributed by atoms with Crippen LogP contribution in [0.25, 0.3) is 0 Å². The summed E-state index contributed by atoms with van der Waals surface area (Å²) in [6.07, 6.45) is 4.34. The molecule has 0 aromatic carbocycles. The van der Waals surface area contributed by atoms with E-state index in [0.717, 1.165) is 31.8 Å². The highest BCUT2D eigenvalue weighted by Crippen LogP contribution is 2.39. The third-order valence-electron chi connectivity index (χ3n) is 4.14. The Morgan fingerprint density at radius 1 is 1.50 bits per heavy atom. The summed E-state index contributed by atoms with van der Waals surface area (Å²) in [6, 6.07) is 0. The molecule has 4 nitrogen and oxygen atoms in total. The summed E-state index contributed by atoms with van der Waals surface area (Å²) < 4.78 is 0. The summed E-state index contributed by atoms with van der Waals surface area (Å²) in [5, 5.41) is 9.27. The highest BCUT2D eigenvalue weighted by atomic mass is 16.4. The summed E-state index contributed by atoms with van der Waals surface area (Å²) in [4.78, 5) is 13.5. The highest BCUT2D eigenvalue weighted by Gasteiger charge is 2.49. The van der Waals surface area contributed by atoms with E-state index in [1.165, 1.54) is 12.8 Å². The lowest BCUT2D eigenvalue weighted by Gasteiger charge is -2.30. The first kappa shape index (κ1) is 11.9. The van der Waals surface area contributed by atoms with Crippen LogP contribution in [0.5, 0.6) is 0 Å². The molecule has 2 aliphatic rings. The van der Waals surface area contributed by atoms with Gasteiger partial charge in [0.25, 0.3) is 0 Å². The second kappa shape index (κ2) is 4.34. The first-order valence-electron chi connectivity index (χ1n) is 6.31. The van der Waals surface area contributed by atoms with Gasteiger partial charge in [0.2, 0.25) is 0 Å². The van der Waals surface area contributed by atoms with Gasteiger partial charge in [-0.15, -0.1) is 0 Å². The molecule has 2 unspecified atom stereocenters. The Hall–Kier alpha value is -0.610. The van der Waals surface area contributed by atoms with E-state index in [1.54, 1.807) is 0 Å². The van der Waals surface area contributed by atoms with Gasteiger partial charge in [0, 0.05) is 13.1 Å². The average Bonchev–Trinajstić information content (AvgIpc) is 3.00. The fourth-order valence-corrected chi connectivity index (χ4v) is 2.73. The Balaban J connectivity index is 1.94. The number of hydrogen-bond acceptors (Lipinski definition) is 3. The molecule has 3 N–H and O–H groups in total. The summed E-state index contributed by atoms with van der Waals surface area (Å²) in [5.41, 5.74) is 5.07. The predicted molar refractivity (Wildman–Crippen MR) is 62.1 cm³/mol. The smallest absolute Gasteiger partial charge is 0.325 e. The molecule has 0 radical (unpaired) electrons. The third kappa shape index (κ3) is 2.23. The Kier molecular flexibility index (Phi) is 3.22. The minimum atomic E-state index is -0.997. The van der Waals surface area contributed by atoms with Crippen molar-refractivity contribution in [3.05, 3.63) is 0 Å². The number of likely N-dealkylation sites (tertiary alicyclic amines) is 1. The van der Waals surface area contributed by atoms with Gasteiger partial charge in [-0.25, -0.2) is 0 Å². The van der Waals surface area contributed by atoms with E-state index < -0.39 is 11.5 Å². The number of carbonyl (C=O) groups is 1. The van der Waals surface area contributed by atoms with Crippen molar-refractivity contribution in [2.75, 3.05) is 19.6 Å². The highest BCUT2D eigenvalue weighted by molar-refractivity contribution is 5.79. The minimum absolute atomic E-state index is 0.200. The number of carboxylic acids is 1. The lowest BCUT2D eigenvalue weighted by Crippen LogP contribution is -2.57. The molecule has 0 aromatic heterocycles. The maximum absolute atomic E-state index is 11.3. The molecule has 1 aliphatic carbocycles. The monoisotopic (exact) mass is 226 g/mol. The molecule has 1 saturated carbocycles. The predicted octanol–water partition coefficient (Wildman–Crippen LogP) is 0.910. The van der Waals surface area contributed by atoms with E-state index in [-0.39, 0.29) is 5.92 Å². The van der Waals surface area contributed by atoms with Crippen molar-refractivity contribution >= 4 is 5.97 Å². The normalized spacial score (nSPS) is 30.2. The Bertz CT molecular complexity index is 278. The van der Waals surface area contributed by atoms with Crippen LogP contribution in [0.4, 0.5) is 0 Å². The minimum Gasteiger partial charge on any atom is -0.480 e. The number of rotatable bonds is 5. The molecule has 1 saturated heterocycles. The van der Waals surface area contributed by atoms with Gasteiger partial charge < -0.3 is 15.7 Å². The Morgan fingerprint density at radius 2 is 2.19 bits per heavy atom. The second-order valence-corrected chi connectivity index (χ2v) is 5.42. The average molecular weight is 226 g/mol. The van der Waals surface area contributed by atoms with Crippen LogP contribution in [0.3, 0.4) is 0 Å². The van der Waals surface area contributed by atoms with Gasteiger partial charge in [0.05, 0.1) is 0 Å². The third-order valence-corrected chi connectivity index (χ3v) is 4.14. The van der Waals surface area contributed by atoms with Crippen molar-refractivity contribution < 1.29 is 9.90 Å². The van der Waals surface area contributed by atoms with Crippen LogP contribution < -0.4 is 5.73 Å². The van der Waals surface area contributed by atoms with Gasteiger partial charge >= 0.3 is 5.97 Å². The summed E-state index contributed by atoms with van der Waals surface area (Å²) in [6.45, 7) is 4.76. The molecule has 4 heteroatoms. The molecule has 2 atom stereocenters. The van der Waals surface area contributed by atoms with E-state index in [9.17, 15) is 9.90 Å². The molecule has 16 heavy (non-hydrogen) atoms. The van der Waals surface area contributed by atoms with Gasteiger partial charge in [0.15, 0.2) is 0 Å². The molecule has 2 fully saturated rings. The standard InChI is InChI=1S/C12H22N2O2/c1-2-9-5-6-14(7-9)8-12(13,11(15)16)10-3-4-10/h9-10H,2-8,13H2,1H3,(H,15,16). The zero-order chi connectivity index (χ0) is 11.8. The number of carboxylic acid groups (broad SMARTS) is 1. The molecule has 0 amide bonds. The van der Waals surface area contributed by atoms with Crippen molar-refractivity contribution in [2.45, 2.75) is 38.1 Å². The SMILES string of the molecule is CCC1CCN(CC(N)(C(=O)O)C2CC2)C1. The molecule has 0 spiro atoms. The maximum atomic E-state index is 11.3. The fourth-order valence-electron chi connectivity index (χ4n) is 2.73. The zero-order valence-electron chi connectivity index (χ0n) is 9.98. The lowest BCUT2D eigenvalue weighted by atomic mass is 9.94. The molecule has 2 rings (SSSR count). The summed E-state index contributed by atoms with van der Waals surface area (Å²) >= 11 is 0. The van der Waals surface area contributed by atoms with Crippen molar-refractivity contribution in [3.8, 4) is 0 Å². The Morgan fingerprint density at radius 3 is 2.62 bits per heavy atom. The van der Waals surface area contributed by atoms with Crippen LogP contribution in [0, 0.1) is 11.8 Å². The van der Waals surface area contributed by atoms with Crippen molar-refractivity contribution in [1.82, 2.24) is 4.90 Å². The van der Waals surface area contributed by atoms with Crippen molar-refractivity contribution in [3.63, 3.8) is 0 Å². The second-order valence-electron chi connectivity index (χ2n) is 5.42. The van der Waals surface area contributed by atoms with Gasteiger partial charge in [-0.1, -0.05) is 13.3 Å². The maximum Gasteiger partial charge on any atom is 0.325 e. The van der Waals surface area contributed by atoms with Crippen LogP contribution >= 0.6 is 0 Å². The number of hydrogen-bond donors (Lipinski definition) is 2. The van der Waals surface area contributed by atoms with E-state index in [1.807, 2.05) is 0 Å². The van der Waals surface area contributed by atoms with Crippen molar-refractivity contribution in [1.29, 1.82) is 0 Å². The Labute approximate surface area is 96.8 Å². The van der Waals surface area contributed by atoms with Crippen LogP contribution in [-0.2, 0) is 4.79 Å². The largest absolute Gasteiger partial charge is 0.480 e. The molecule has 1 heterocycles. The lowest BCUT2D eigenvalue weighted by molar-refractivity contribution is -0.145.